The fraction of sp³-hybridized carbons (Fsp3) is 0.417. The number of nitrogens with zero attached hydrogens (tertiary/aromatic N) is 2. The molecule has 2 heterocycles. The Bertz CT molecular complexity index is 427. The molecule has 0 N–H and O–H groups in total. The minimum absolute atomic E-state index is 1.08. The molecule has 76 valence electrons. The molecule has 2 heteroatoms. The van der Waals surface area contributed by atoms with Crippen LogP contribution in [0.3, 0.4) is 0 Å². The summed E-state index contributed by atoms with van der Waals surface area (Å²) in [5.41, 5.74) is 4.83. The molecule has 0 amide bonds. The van der Waals surface area contributed by atoms with Crippen LogP contribution < -0.4 is 0 Å². The van der Waals surface area contributed by atoms with Gasteiger partial charge in [0.25, 0.3) is 0 Å². The van der Waals surface area contributed by atoms with Gasteiger partial charge in [-0.05, 0) is 38.0 Å². The third-order valence-corrected chi connectivity index (χ3v) is 2.38. The van der Waals surface area contributed by atoms with Gasteiger partial charge in [-0.25, -0.2) is 4.98 Å². The maximum Gasteiger partial charge on any atom is 0.140 e. The van der Waals surface area contributed by atoms with E-state index in [1.807, 2.05) is 20.0 Å². The lowest BCUT2D eigenvalue weighted by Crippen LogP contribution is -1.91. The molecule has 0 bridgehead atoms. The molecule has 2 rings (SSSR count). The van der Waals surface area contributed by atoms with Gasteiger partial charge in [0.05, 0.1) is 0 Å². The van der Waals surface area contributed by atoms with Gasteiger partial charge >= 0.3 is 0 Å². The van der Waals surface area contributed by atoms with E-state index >= 15 is 0 Å². The zero-order valence-electron chi connectivity index (χ0n) is 9.63. The first kappa shape index (κ1) is 10.8. The lowest BCUT2D eigenvalue weighted by molar-refractivity contribution is 1.08. The standard InChI is InChI=1S/C10H12N2.C2H6/c1-7-4-5-12-8(2)6-11-10(12)9(7)3;1-2/h4-6H,1-3H3;1-2H3. The molecule has 0 atom stereocenters. The first-order chi connectivity index (χ1) is 6.70. The Balaban J connectivity index is 0.000000461. The zero-order chi connectivity index (χ0) is 10.7. The van der Waals surface area contributed by atoms with Crippen molar-refractivity contribution in [1.29, 1.82) is 0 Å². The van der Waals surface area contributed by atoms with E-state index in [2.05, 4.69) is 42.4 Å². The molecule has 2 aromatic rings. The van der Waals surface area contributed by atoms with Gasteiger partial charge in [0.2, 0.25) is 0 Å². The second kappa shape index (κ2) is 4.27. The Morgan fingerprint density at radius 2 is 1.79 bits per heavy atom. The lowest BCUT2D eigenvalue weighted by Gasteiger charge is -2.02. The molecule has 0 saturated heterocycles. The first-order valence-electron chi connectivity index (χ1n) is 5.10. The molecular formula is C12H18N2. The second-order valence-electron chi connectivity index (χ2n) is 3.22. The van der Waals surface area contributed by atoms with Crippen LogP contribution in [-0.2, 0) is 0 Å². The molecule has 14 heavy (non-hydrogen) atoms. The van der Waals surface area contributed by atoms with Crippen molar-refractivity contribution >= 4 is 5.65 Å². The summed E-state index contributed by atoms with van der Waals surface area (Å²) in [6.07, 6.45) is 3.97. The molecule has 0 spiro atoms. The molecule has 2 aromatic heterocycles. The number of aromatic nitrogens is 2. The van der Waals surface area contributed by atoms with E-state index in [0.717, 1.165) is 5.65 Å². The Labute approximate surface area is 85.6 Å². The van der Waals surface area contributed by atoms with Gasteiger partial charge < -0.3 is 4.40 Å². The number of hydrogen-bond acceptors (Lipinski definition) is 1. The highest BCUT2D eigenvalue weighted by molar-refractivity contribution is 5.51. The number of hydrogen-bond donors (Lipinski definition) is 0. The SMILES string of the molecule is CC.Cc1ccn2c(C)cnc2c1C. The van der Waals surface area contributed by atoms with Crippen LogP contribution in [-0.4, -0.2) is 9.38 Å². The summed E-state index contributed by atoms with van der Waals surface area (Å²) in [4.78, 5) is 4.34. The van der Waals surface area contributed by atoms with Crippen molar-refractivity contribution in [3.8, 4) is 0 Å². The molecule has 0 fully saturated rings. The van der Waals surface area contributed by atoms with Crippen LogP contribution in [0.4, 0.5) is 0 Å². The van der Waals surface area contributed by atoms with Crippen molar-refractivity contribution in [2.24, 2.45) is 0 Å². The predicted octanol–water partition coefficient (Wildman–Crippen LogP) is 3.29. The van der Waals surface area contributed by atoms with Gasteiger partial charge in [-0.1, -0.05) is 13.8 Å². The summed E-state index contributed by atoms with van der Waals surface area (Å²) in [7, 11) is 0. The summed E-state index contributed by atoms with van der Waals surface area (Å²) >= 11 is 0. The van der Waals surface area contributed by atoms with Gasteiger partial charge in [-0.3, -0.25) is 0 Å². The highest BCUT2D eigenvalue weighted by atomic mass is 15.0. The smallest absolute Gasteiger partial charge is 0.140 e. The van der Waals surface area contributed by atoms with Crippen LogP contribution in [0.5, 0.6) is 0 Å². The predicted molar refractivity (Wildman–Crippen MR) is 60.8 cm³/mol. The zero-order valence-corrected chi connectivity index (χ0v) is 9.63. The van der Waals surface area contributed by atoms with Crippen molar-refractivity contribution < 1.29 is 0 Å². The summed E-state index contributed by atoms with van der Waals surface area (Å²) in [6.45, 7) is 10.3. The molecule has 0 saturated carbocycles. The normalized spacial score (nSPS) is 9.79. The quantitative estimate of drug-likeness (QED) is 0.623. The van der Waals surface area contributed by atoms with E-state index in [4.69, 9.17) is 0 Å². The van der Waals surface area contributed by atoms with Gasteiger partial charge in [0.1, 0.15) is 5.65 Å². The summed E-state index contributed by atoms with van der Waals surface area (Å²) in [6, 6.07) is 2.12. The first-order valence-corrected chi connectivity index (χ1v) is 5.10. The largest absolute Gasteiger partial charge is 0.304 e. The molecule has 2 nitrogen and oxygen atoms in total. The van der Waals surface area contributed by atoms with Crippen LogP contribution in [0.25, 0.3) is 5.65 Å². The molecular weight excluding hydrogens is 172 g/mol. The van der Waals surface area contributed by atoms with Crippen LogP contribution >= 0.6 is 0 Å². The highest BCUT2D eigenvalue weighted by Crippen LogP contribution is 2.14. The second-order valence-corrected chi connectivity index (χ2v) is 3.22. The molecule has 0 aliphatic rings. The molecule has 0 aromatic carbocycles. The third kappa shape index (κ3) is 1.65. The third-order valence-electron chi connectivity index (χ3n) is 2.38. The van der Waals surface area contributed by atoms with Gasteiger partial charge in [0.15, 0.2) is 0 Å². The van der Waals surface area contributed by atoms with Crippen molar-refractivity contribution in [2.75, 3.05) is 0 Å². The van der Waals surface area contributed by atoms with Gasteiger partial charge in [0, 0.05) is 18.1 Å². The van der Waals surface area contributed by atoms with E-state index in [1.54, 1.807) is 0 Å². The topological polar surface area (TPSA) is 17.3 Å². The average molecular weight is 190 g/mol. The maximum absolute atomic E-state index is 4.34. The maximum atomic E-state index is 4.34. The lowest BCUT2D eigenvalue weighted by atomic mass is 10.2. The van der Waals surface area contributed by atoms with Gasteiger partial charge in [-0.2, -0.15) is 0 Å². The van der Waals surface area contributed by atoms with E-state index in [-0.39, 0.29) is 0 Å². The minimum Gasteiger partial charge on any atom is -0.304 e. The number of imidazole rings is 1. The molecule has 0 radical (unpaired) electrons. The Morgan fingerprint density at radius 1 is 1.14 bits per heavy atom. The Hall–Kier alpha value is -1.31. The highest BCUT2D eigenvalue weighted by Gasteiger charge is 2.02. The summed E-state index contributed by atoms with van der Waals surface area (Å²) in [5, 5.41) is 0. The van der Waals surface area contributed by atoms with Crippen LogP contribution in [0.15, 0.2) is 18.5 Å². The van der Waals surface area contributed by atoms with Crippen LogP contribution in [0.1, 0.15) is 30.7 Å². The molecule has 0 aliphatic heterocycles. The van der Waals surface area contributed by atoms with Gasteiger partial charge in [-0.15, -0.1) is 0 Å². The molecule has 0 aliphatic carbocycles. The number of fused-ring (bicyclic) bond motifs is 1. The van der Waals surface area contributed by atoms with E-state index < -0.39 is 0 Å². The van der Waals surface area contributed by atoms with Crippen molar-refractivity contribution in [3.05, 3.63) is 35.3 Å². The van der Waals surface area contributed by atoms with E-state index in [1.165, 1.54) is 16.8 Å². The van der Waals surface area contributed by atoms with Crippen LogP contribution in [0, 0.1) is 20.8 Å². The number of aryl methyl sites for hydroxylation is 3. The fourth-order valence-corrected chi connectivity index (χ4v) is 1.40. The minimum atomic E-state index is 1.08. The van der Waals surface area contributed by atoms with Crippen molar-refractivity contribution in [3.63, 3.8) is 0 Å². The molecule has 0 unspecified atom stereocenters. The van der Waals surface area contributed by atoms with E-state index in [0.29, 0.717) is 0 Å². The number of rotatable bonds is 0. The summed E-state index contributed by atoms with van der Waals surface area (Å²) in [5.74, 6) is 0. The van der Waals surface area contributed by atoms with Crippen molar-refractivity contribution in [1.82, 2.24) is 9.38 Å². The van der Waals surface area contributed by atoms with Crippen molar-refractivity contribution in [2.45, 2.75) is 34.6 Å². The monoisotopic (exact) mass is 190 g/mol. The Morgan fingerprint density at radius 3 is 2.43 bits per heavy atom. The fourth-order valence-electron chi connectivity index (χ4n) is 1.40. The number of pyridine rings is 1. The Kier molecular flexibility index (Phi) is 3.28. The van der Waals surface area contributed by atoms with Crippen LogP contribution in [0.2, 0.25) is 0 Å². The van der Waals surface area contributed by atoms with E-state index in [9.17, 15) is 0 Å². The summed E-state index contributed by atoms with van der Waals surface area (Å²) < 4.78 is 2.11. The average Bonchev–Trinajstić information content (AvgIpc) is 2.58.